The second-order valence-corrected chi connectivity index (χ2v) is 4.29. The Kier molecular flexibility index (Phi) is 5.33. The Morgan fingerprint density at radius 3 is 2.33 bits per heavy atom. The fourth-order valence-corrected chi connectivity index (χ4v) is 1.51. The topological polar surface area (TPSA) is 39.6 Å². The Labute approximate surface area is 103 Å². The van der Waals surface area contributed by atoms with E-state index in [-0.39, 0.29) is 12.4 Å². The molecule has 8 heteroatoms. The summed E-state index contributed by atoms with van der Waals surface area (Å²) in [6.07, 6.45) is -3.74. The largest absolute Gasteiger partial charge is 0.367 e. The van der Waals surface area contributed by atoms with Crippen LogP contribution in [0.3, 0.4) is 0 Å². The number of nitrogens with zero attached hydrogens (tertiary/aromatic N) is 2. The van der Waals surface area contributed by atoms with Crippen molar-refractivity contribution in [3.05, 3.63) is 0 Å². The van der Waals surface area contributed by atoms with Crippen LogP contribution in [0, 0.1) is 5.41 Å². The van der Waals surface area contributed by atoms with E-state index in [0.29, 0.717) is 13.1 Å². The van der Waals surface area contributed by atoms with Crippen molar-refractivity contribution in [2.24, 2.45) is 0 Å². The van der Waals surface area contributed by atoms with Crippen LogP contribution in [0.5, 0.6) is 0 Å². The van der Waals surface area contributed by atoms with Crippen LogP contribution in [-0.2, 0) is 4.74 Å². The Hall–Kier alpha value is -0.890. The van der Waals surface area contributed by atoms with E-state index in [4.69, 9.17) is 5.41 Å². The number of nitrogens with one attached hydrogen (secondary N) is 1. The van der Waals surface area contributed by atoms with E-state index in [2.05, 4.69) is 9.64 Å². The first kappa shape index (κ1) is 15.2. The molecular weight excluding hydrogens is 254 g/mol. The highest BCUT2D eigenvalue weighted by molar-refractivity contribution is 5.80. The lowest BCUT2D eigenvalue weighted by Crippen LogP contribution is -2.48. The van der Waals surface area contributed by atoms with Gasteiger partial charge >= 0.3 is 12.3 Å². The predicted octanol–water partition coefficient (Wildman–Crippen LogP) is 1.13. The SMILES string of the molecule is CN1CCN(C(=N)COCC(F)(F)C(F)F)CC1. The van der Waals surface area contributed by atoms with Gasteiger partial charge in [-0.1, -0.05) is 0 Å². The molecule has 0 aromatic carbocycles. The van der Waals surface area contributed by atoms with E-state index >= 15 is 0 Å². The van der Waals surface area contributed by atoms with Gasteiger partial charge in [-0.2, -0.15) is 8.78 Å². The van der Waals surface area contributed by atoms with E-state index in [1.54, 1.807) is 4.90 Å². The molecule has 1 aliphatic heterocycles. The third kappa shape index (κ3) is 4.41. The van der Waals surface area contributed by atoms with E-state index < -0.39 is 19.0 Å². The standard InChI is InChI=1S/C10H17F4N3O/c1-16-2-4-17(5-3-16)8(15)6-18-7-10(13,14)9(11)12/h9,15H,2-7H2,1H3. The Morgan fingerprint density at radius 2 is 1.83 bits per heavy atom. The van der Waals surface area contributed by atoms with Crippen LogP contribution in [0.2, 0.25) is 0 Å². The highest BCUT2D eigenvalue weighted by atomic mass is 19.3. The zero-order valence-corrected chi connectivity index (χ0v) is 10.1. The first-order valence-corrected chi connectivity index (χ1v) is 5.57. The fourth-order valence-electron chi connectivity index (χ4n) is 1.51. The van der Waals surface area contributed by atoms with Crippen molar-refractivity contribution in [1.29, 1.82) is 5.41 Å². The second kappa shape index (κ2) is 6.33. The molecule has 1 heterocycles. The molecule has 4 nitrogen and oxygen atoms in total. The van der Waals surface area contributed by atoms with Gasteiger partial charge in [0, 0.05) is 26.2 Å². The first-order valence-electron chi connectivity index (χ1n) is 5.57. The maximum absolute atomic E-state index is 12.5. The molecule has 1 aliphatic rings. The summed E-state index contributed by atoms with van der Waals surface area (Å²) >= 11 is 0. The molecule has 1 N–H and O–H groups in total. The third-order valence-electron chi connectivity index (χ3n) is 2.74. The minimum Gasteiger partial charge on any atom is -0.367 e. The second-order valence-electron chi connectivity index (χ2n) is 4.29. The highest BCUT2D eigenvalue weighted by Gasteiger charge is 2.41. The Balaban J connectivity index is 2.25. The normalized spacial score (nSPS) is 18.4. The number of hydrogen-bond acceptors (Lipinski definition) is 3. The smallest absolute Gasteiger partial charge is 0.330 e. The summed E-state index contributed by atoms with van der Waals surface area (Å²) in [5.41, 5.74) is 0. The molecule has 0 saturated carbocycles. The van der Waals surface area contributed by atoms with E-state index in [1.165, 1.54) is 0 Å². The maximum atomic E-state index is 12.5. The number of hydrogen-bond donors (Lipinski definition) is 1. The number of alkyl halides is 4. The minimum atomic E-state index is -4.15. The van der Waals surface area contributed by atoms with Crippen LogP contribution in [0.15, 0.2) is 0 Å². The van der Waals surface area contributed by atoms with Gasteiger partial charge in [-0.15, -0.1) is 0 Å². The van der Waals surface area contributed by atoms with Crippen molar-refractivity contribution < 1.29 is 22.3 Å². The van der Waals surface area contributed by atoms with Crippen molar-refractivity contribution in [3.8, 4) is 0 Å². The number of rotatable bonds is 5. The number of ether oxygens (including phenoxy) is 1. The summed E-state index contributed by atoms with van der Waals surface area (Å²) in [4.78, 5) is 3.77. The lowest BCUT2D eigenvalue weighted by atomic mass is 10.3. The molecule has 1 fully saturated rings. The summed E-state index contributed by atoms with van der Waals surface area (Å²) in [5.74, 6) is -4.10. The van der Waals surface area contributed by atoms with Crippen LogP contribution in [0.1, 0.15) is 0 Å². The number of likely N-dealkylation sites (N-methyl/N-ethyl adjacent to an activating group) is 1. The van der Waals surface area contributed by atoms with Gasteiger partial charge in [0.05, 0.1) is 0 Å². The van der Waals surface area contributed by atoms with Crippen molar-refractivity contribution in [2.75, 3.05) is 46.4 Å². The van der Waals surface area contributed by atoms with Gasteiger partial charge in [0.1, 0.15) is 19.0 Å². The van der Waals surface area contributed by atoms with Crippen LogP contribution in [0.4, 0.5) is 17.6 Å². The van der Waals surface area contributed by atoms with Gasteiger partial charge in [-0.3, -0.25) is 5.41 Å². The Bertz CT molecular complexity index is 280. The van der Waals surface area contributed by atoms with Crippen LogP contribution < -0.4 is 0 Å². The lowest BCUT2D eigenvalue weighted by Gasteiger charge is -2.34. The zero-order valence-electron chi connectivity index (χ0n) is 10.1. The van der Waals surface area contributed by atoms with E-state index in [9.17, 15) is 17.6 Å². The predicted molar refractivity (Wildman–Crippen MR) is 58.6 cm³/mol. The van der Waals surface area contributed by atoms with Crippen LogP contribution in [0.25, 0.3) is 0 Å². The monoisotopic (exact) mass is 271 g/mol. The van der Waals surface area contributed by atoms with Crippen molar-refractivity contribution >= 4 is 5.84 Å². The molecule has 0 aliphatic carbocycles. The summed E-state index contributed by atoms with van der Waals surface area (Å²) in [7, 11) is 1.95. The van der Waals surface area contributed by atoms with Crippen LogP contribution in [-0.4, -0.2) is 74.4 Å². The van der Waals surface area contributed by atoms with Crippen molar-refractivity contribution in [2.45, 2.75) is 12.3 Å². The zero-order chi connectivity index (χ0) is 13.8. The van der Waals surface area contributed by atoms with Crippen LogP contribution >= 0.6 is 0 Å². The summed E-state index contributed by atoms with van der Waals surface area (Å²) < 4.78 is 53.2. The number of piperazine rings is 1. The molecule has 1 rings (SSSR count). The first-order chi connectivity index (χ1) is 8.33. The van der Waals surface area contributed by atoms with E-state index in [0.717, 1.165) is 13.1 Å². The van der Waals surface area contributed by atoms with Gasteiger partial charge in [-0.05, 0) is 7.05 Å². The maximum Gasteiger partial charge on any atom is 0.330 e. The van der Waals surface area contributed by atoms with Gasteiger partial charge < -0.3 is 14.5 Å². The van der Waals surface area contributed by atoms with Gasteiger partial charge in [-0.25, -0.2) is 8.78 Å². The lowest BCUT2D eigenvalue weighted by molar-refractivity contribution is -0.162. The highest BCUT2D eigenvalue weighted by Crippen LogP contribution is 2.22. The molecular formula is C10H17F4N3O. The molecule has 106 valence electrons. The molecule has 0 bridgehead atoms. The summed E-state index contributed by atoms with van der Waals surface area (Å²) in [6.45, 7) is 1.05. The molecule has 1 saturated heterocycles. The number of halogens is 4. The van der Waals surface area contributed by atoms with Gasteiger partial charge in [0.25, 0.3) is 0 Å². The summed E-state index contributed by atoms with van der Waals surface area (Å²) in [5, 5.41) is 7.61. The minimum absolute atomic E-state index is 0.0492. The average Bonchev–Trinajstić information content (AvgIpc) is 2.29. The molecule has 18 heavy (non-hydrogen) atoms. The van der Waals surface area contributed by atoms with Crippen molar-refractivity contribution in [1.82, 2.24) is 9.80 Å². The molecule has 0 radical (unpaired) electrons. The van der Waals surface area contributed by atoms with Gasteiger partial charge in [0.2, 0.25) is 0 Å². The molecule has 0 amide bonds. The number of amidine groups is 1. The third-order valence-corrected chi connectivity index (χ3v) is 2.74. The van der Waals surface area contributed by atoms with Gasteiger partial charge in [0.15, 0.2) is 0 Å². The Morgan fingerprint density at radius 1 is 1.28 bits per heavy atom. The van der Waals surface area contributed by atoms with E-state index in [1.807, 2.05) is 7.05 Å². The molecule has 0 aromatic heterocycles. The summed E-state index contributed by atoms with van der Waals surface area (Å²) in [6, 6.07) is 0. The molecule has 0 atom stereocenters. The fraction of sp³-hybridized carbons (Fsp3) is 0.900. The molecule has 0 aromatic rings. The average molecular weight is 271 g/mol. The van der Waals surface area contributed by atoms with Crippen molar-refractivity contribution in [3.63, 3.8) is 0 Å². The molecule has 0 unspecified atom stereocenters. The molecule has 0 spiro atoms. The quantitative estimate of drug-likeness (QED) is 0.463.